The van der Waals surface area contributed by atoms with Crippen LogP contribution in [0.1, 0.15) is 38.5 Å². The maximum Gasteiger partial charge on any atom is 0.350 e. The molecule has 2 aromatic heterocycles. The molecule has 150 valence electrons. The summed E-state index contributed by atoms with van der Waals surface area (Å²) in [6.07, 6.45) is 0. The van der Waals surface area contributed by atoms with Gasteiger partial charge in [-0.15, -0.1) is 0 Å². The van der Waals surface area contributed by atoms with Crippen LogP contribution in [0.4, 0.5) is 5.13 Å². The zero-order chi connectivity index (χ0) is 20.2. The number of ether oxygens (including phenoxy) is 1. The number of aryl methyl sites for hydroxylation is 2. The lowest BCUT2D eigenvalue weighted by molar-refractivity contribution is 0.0531. The summed E-state index contributed by atoms with van der Waals surface area (Å²) < 4.78 is 5.08. The monoisotopic (exact) mass is 442 g/mol. The minimum absolute atomic E-state index is 0.118. The topological polar surface area (TPSA) is 87.3 Å². The van der Waals surface area contributed by atoms with Crippen molar-refractivity contribution in [2.75, 3.05) is 24.6 Å². The van der Waals surface area contributed by atoms with Crippen molar-refractivity contribution in [1.82, 2.24) is 15.3 Å². The number of anilines is 1. The Morgan fingerprint density at radius 1 is 1.29 bits per heavy atom. The Balaban J connectivity index is 1.37. The third kappa shape index (κ3) is 3.27. The molecule has 1 aliphatic carbocycles. The van der Waals surface area contributed by atoms with Gasteiger partial charge in [0.2, 0.25) is 0 Å². The number of nitrogens with zero attached hydrogens (tertiary/aromatic N) is 2. The van der Waals surface area contributed by atoms with Crippen LogP contribution in [-0.2, 0) is 4.74 Å². The number of fused-ring (bicyclic) bond motifs is 1. The number of H-pyrrole nitrogens is 1. The number of nitrogens with one attached hydrogen (secondary N) is 2. The fourth-order valence-corrected chi connectivity index (χ4v) is 5.15. The fourth-order valence-electron chi connectivity index (χ4n) is 3.75. The van der Waals surface area contributed by atoms with Crippen molar-refractivity contribution in [2.45, 2.75) is 26.8 Å². The van der Waals surface area contributed by atoms with E-state index < -0.39 is 0 Å². The molecule has 1 amide bonds. The number of thiazole rings is 1. The van der Waals surface area contributed by atoms with E-state index >= 15 is 0 Å². The van der Waals surface area contributed by atoms with Gasteiger partial charge in [0.1, 0.15) is 10.6 Å². The smallest absolute Gasteiger partial charge is 0.350 e. The standard InChI is InChI=1S/C18H20Cl2N4O3S/c1-4-27-17(26)15-8(3)22-18(28-15)24-5-9-10(6-24)13(9)23-16(25)14-12(20)11(19)7(2)21-14/h9-10,13,21H,4-6H2,1-3H3,(H,23,25)/t9-,10+,13+. The number of carbonyl (C=O) groups is 2. The molecule has 7 nitrogen and oxygen atoms in total. The number of carbonyl (C=O) groups excluding carboxylic acids is 2. The van der Waals surface area contributed by atoms with Crippen LogP contribution in [-0.4, -0.2) is 47.6 Å². The Morgan fingerprint density at radius 3 is 2.54 bits per heavy atom. The average Bonchev–Trinajstić information content (AvgIpc) is 3.02. The Bertz CT molecular complexity index is 945. The molecule has 1 saturated heterocycles. The lowest BCUT2D eigenvalue weighted by atomic mass is 10.3. The van der Waals surface area contributed by atoms with E-state index in [4.69, 9.17) is 27.9 Å². The average molecular weight is 443 g/mol. The molecule has 10 heteroatoms. The molecule has 2 aliphatic rings. The Hall–Kier alpha value is -1.77. The highest BCUT2D eigenvalue weighted by atomic mass is 35.5. The molecule has 1 aliphatic heterocycles. The third-order valence-corrected chi connectivity index (χ3v) is 7.43. The van der Waals surface area contributed by atoms with Crippen molar-refractivity contribution >= 4 is 51.5 Å². The van der Waals surface area contributed by atoms with Crippen molar-refractivity contribution < 1.29 is 14.3 Å². The molecule has 2 N–H and O–H groups in total. The molecule has 2 aromatic rings. The molecular weight excluding hydrogens is 423 g/mol. The normalized spacial score (nSPS) is 22.9. The maximum atomic E-state index is 12.5. The van der Waals surface area contributed by atoms with Crippen LogP contribution in [0.3, 0.4) is 0 Å². The number of rotatable bonds is 5. The van der Waals surface area contributed by atoms with E-state index in [0.29, 0.717) is 45.4 Å². The summed E-state index contributed by atoms with van der Waals surface area (Å²) in [5.41, 5.74) is 1.67. The number of esters is 1. The molecule has 0 unspecified atom stereocenters. The van der Waals surface area contributed by atoms with Gasteiger partial charge >= 0.3 is 5.97 Å². The van der Waals surface area contributed by atoms with E-state index in [-0.39, 0.29) is 22.9 Å². The number of hydrogen-bond donors (Lipinski definition) is 2. The summed E-state index contributed by atoms with van der Waals surface area (Å²) in [5, 5.41) is 4.51. The molecule has 1 saturated carbocycles. The molecule has 28 heavy (non-hydrogen) atoms. The van der Waals surface area contributed by atoms with Crippen molar-refractivity contribution in [3.05, 3.63) is 32.0 Å². The van der Waals surface area contributed by atoms with E-state index in [2.05, 4.69) is 20.2 Å². The highest BCUT2D eigenvalue weighted by molar-refractivity contribution is 7.17. The van der Waals surface area contributed by atoms with Gasteiger partial charge in [0.15, 0.2) is 5.13 Å². The largest absolute Gasteiger partial charge is 0.462 e. The van der Waals surface area contributed by atoms with E-state index in [1.807, 2.05) is 6.92 Å². The van der Waals surface area contributed by atoms with Crippen molar-refractivity contribution in [3.63, 3.8) is 0 Å². The molecule has 0 aromatic carbocycles. The van der Waals surface area contributed by atoms with Gasteiger partial charge in [0.25, 0.3) is 5.91 Å². The van der Waals surface area contributed by atoms with Crippen molar-refractivity contribution in [2.24, 2.45) is 11.8 Å². The van der Waals surface area contributed by atoms with Crippen LogP contribution in [0, 0.1) is 25.7 Å². The minimum atomic E-state index is -0.324. The Labute approximate surface area is 176 Å². The summed E-state index contributed by atoms with van der Waals surface area (Å²) in [7, 11) is 0. The van der Waals surface area contributed by atoms with Gasteiger partial charge < -0.3 is 19.9 Å². The zero-order valence-electron chi connectivity index (χ0n) is 15.6. The van der Waals surface area contributed by atoms with E-state index in [1.54, 1.807) is 13.8 Å². The van der Waals surface area contributed by atoms with Gasteiger partial charge in [0, 0.05) is 36.7 Å². The lowest BCUT2D eigenvalue weighted by Crippen LogP contribution is -2.34. The minimum Gasteiger partial charge on any atom is -0.462 e. The number of piperidine rings is 1. The van der Waals surface area contributed by atoms with Crippen LogP contribution in [0.25, 0.3) is 0 Å². The van der Waals surface area contributed by atoms with Crippen molar-refractivity contribution in [1.29, 1.82) is 0 Å². The lowest BCUT2D eigenvalue weighted by Gasteiger charge is -2.19. The van der Waals surface area contributed by atoms with Gasteiger partial charge in [0.05, 0.1) is 22.3 Å². The number of aromatic nitrogens is 2. The molecule has 2 fully saturated rings. The second-order valence-corrected chi connectivity index (χ2v) is 8.85. The molecule has 0 radical (unpaired) electrons. The van der Waals surface area contributed by atoms with Crippen LogP contribution in [0.15, 0.2) is 0 Å². The van der Waals surface area contributed by atoms with Gasteiger partial charge in [-0.05, 0) is 20.8 Å². The second kappa shape index (κ2) is 7.24. The Morgan fingerprint density at radius 2 is 1.96 bits per heavy atom. The van der Waals surface area contributed by atoms with Crippen LogP contribution in [0.5, 0.6) is 0 Å². The summed E-state index contributed by atoms with van der Waals surface area (Å²) in [6, 6.07) is 0.118. The first kappa shape index (κ1) is 19.5. The third-order valence-electron chi connectivity index (χ3n) is 5.29. The number of hydrogen-bond acceptors (Lipinski definition) is 6. The first-order chi connectivity index (χ1) is 13.3. The Kier molecular flexibility index (Phi) is 5.05. The van der Waals surface area contributed by atoms with Gasteiger partial charge in [-0.2, -0.15) is 0 Å². The number of amides is 1. The van der Waals surface area contributed by atoms with E-state index in [1.165, 1.54) is 11.3 Å². The molecule has 0 spiro atoms. The SMILES string of the molecule is CCOC(=O)c1sc(N2C[C@@H]3[C@H](C2)[C@H]3NC(=O)c2[nH]c(C)c(Cl)c2Cl)nc1C. The zero-order valence-corrected chi connectivity index (χ0v) is 18.0. The number of aromatic amines is 1. The van der Waals surface area contributed by atoms with Crippen LogP contribution < -0.4 is 10.2 Å². The molecular formula is C18H20Cl2N4O3S. The molecule has 0 bridgehead atoms. The van der Waals surface area contributed by atoms with Crippen LogP contribution in [0.2, 0.25) is 10.0 Å². The highest BCUT2D eigenvalue weighted by Gasteiger charge is 2.57. The maximum absolute atomic E-state index is 12.5. The number of halogens is 2. The van der Waals surface area contributed by atoms with E-state index in [9.17, 15) is 9.59 Å². The first-order valence-electron chi connectivity index (χ1n) is 9.05. The molecule has 3 atom stereocenters. The van der Waals surface area contributed by atoms with E-state index in [0.717, 1.165) is 18.2 Å². The summed E-state index contributed by atoms with van der Waals surface area (Å²) in [6.45, 7) is 7.31. The summed E-state index contributed by atoms with van der Waals surface area (Å²) in [5.74, 6) is 0.171. The van der Waals surface area contributed by atoms with Gasteiger partial charge in [-0.25, -0.2) is 9.78 Å². The van der Waals surface area contributed by atoms with Crippen molar-refractivity contribution in [3.8, 4) is 0 Å². The second-order valence-electron chi connectivity index (χ2n) is 7.12. The first-order valence-corrected chi connectivity index (χ1v) is 10.6. The predicted molar refractivity (Wildman–Crippen MR) is 109 cm³/mol. The van der Waals surface area contributed by atoms with Crippen LogP contribution >= 0.6 is 34.5 Å². The van der Waals surface area contributed by atoms with Gasteiger partial charge in [-0.1, -0.05) is 34.5 Å². The predicted octanol–water partition coefficient (Wildman–Crippen LogP) is 3.44. The quantitative estimate of drug-likeness (QED) is 0.692. The molecule has 3 heterocycles. The highest BCUT2D eigenvalue weighted by Crippen LogP contribution is 2.47. The summed E-state index contributed by atoms with van der Waals surface area (Å²) >= 11 is 13.5. The molecule has 4 rings (SSSR count). The van der Waals surface area contributed by atoms with Gasteiger partial charge in [-0.3, -0.25) is 4.79 Å². The fraction of sp³-hybridized carbons (Fsp3) is 0.500. The summed E-state index contributed by atoms with van der Waals surface area (Å²) in [4.78, 5) is 34.7.